The van der Waals surface area contributed by atoms with Gasteiger partial charge >= 0.3 is 0 Å². The normalized spacial score (nSPS) is 57.6. The summed E-state index contributed by atoms with van der Waals surface area (Å²) in [6.07, 6.45) is 9.34. The van der Waals surface area contributed by atoms with E-state index in [0.29, 0.717) is 11.8 Å². The number of allylic oxidation sites excluding steroid dienone is 1. The molecule has 4 rings (SSSR count). The molecule has 124 valence electrons. The van der Waals surface area contributed by atoms with Crippen LogP contribution in [0.5, 0.6) is 0 Å². The molecule has 3 nitrogen and oxygen atoms in total. The maximum atomic E-state index is 10.3. The van der Waals surface area contributed by atoms with Crippen LogP contribution >= 0.6 is 0 Å². The van der Waals surface area contributed by atoms with Crippen molar-refractivity contribution in [3.63, 3.8) is 0 Å². The maximum Gasteiger partial charge on any atom is 0.0699 e. The molecule has 0 unspecified atom stereocenters. The highest BCUT2D eigenvalue weighted by atomic mass is 16.3. The van der Waals surface area contributed by atoms with E-state index in [1.807, 2.05) is 0 Å². The molecular formula is C19H31NO2. The number of hydrogen-bond acceptors (Lipinski definition) is 3. The Labute approximate surface area is 134 Å². The fourth-order valence-electron chi connectivity index (χ4n) is 6.69. The van der Waals surface area contributed by atoms with E-state index in [2.05, 4.69) is 19.9 Å². The van der Waals surface area contributed by atoms with E-state index in [9.17, 15) is 10.2 Å². The Kier molecular flexibility index (Phi) is 3.32. The highest BCUT2D eigenvalue weighted by Gasteiger charge is 2.60. The first-order chi connectivity index (χ1) is 10.4. The molecule has 0 saturated heterocycles. The maximum absolute atomic E-state index is 10.3. The molecule has 0 heterocycles. The lowest BCUT2D eigenvalue weighted by atomic mass is 9.48. The van der Waals surface area contributed by atoms with Gasteiger partial charge in [0.05, 0.1) is 12.2 Å². The van der Waals surface area contributed by atoms with Crippen molar-refractivity contribution in [2.24, 2.45) is 34.3 Å². The standard InChI is InChI=1S/C19H31NO2/c1-18-7-5-12(21)9-11(18)3-4-13-14(18)6-8-19(2)15(13)10-16(22)17(19)20/h3,12-17,21-22H,4-10,20H2,1-2H3/t12-,13-,14+,15-,16+,17+,18+,19-/m1/s1. The summed E-state index contributed by atoms with van der Waals surface area (Å²) in [6, 6.07) is -0.0511. The van der Waals surface area contributed by atoms with Gasteiger partial charge in [-0.05, 0) is 73.5 Å². The van der Waals surface area contributed by atoms with Gasteiger partial charge in [0.15, 0.2) is 0 Å². The van der Waals surface area contributed by atoms with E-state index in [4.69, 9.17) is 5.73 Å². The van der Waals surface area contributed by atoms with Crippen LogP contribution in [0.3, 0.4) is 0 Å². The zero-order valence-corrected chi connectivity index (χ0v) is 14.0. The molecule has 0 aliphatic heterocycles. The van der Waals surface area contributed by atoms with Gasteiger partial charge in [0, 0.05) is 6.04 Å². The summed E-state index contributed by atoms with van der Waals surface area (Å²) in [5.41, 5.74) is 8.29. The lowest BCUT2D eigenvalue weighted by molar-refractivity contribution is -0.0403. The molecule has 3 heteroatoms. The van der Waals surface area contributed by atoms with Crippen LogP contribution in [-0.2, 0) is 0 Å². The number of hydrogen-bond donors (Lipinski definition) is 3. The van der Waals surface area contributed by atoms with Gasteiger partial charge in [-0.2, -0.15) is 0 Å². The van der Waals surface area contributed by atoms with E-state index in [1.165, 1.54) is 12.0 Å². The van der Waals surface area contributed by atoms with Crippen LogP contribution < -0.4 is 5.73 Å². The highest BCUT2D eigenvalue weighted by Crippen LogP contribution is 2.64. The molecule has 4 N–H and O–H groups in total. The number of nitrogens with two attached hydrogens (primary N) is 1. The minimum Gasteiger partial charge on any atom is -0.393 e. The van der Waals surface area contributed by atoms with E-state index in [1.54, 1.807) is 0 Å². The largest absolute Gasteiger partial charge is 0.393 e. The zero-order valence-electron chi connectivity index (χ0n) is 14.0. The van der Waals surface area contributed by atoms with Gasteiger partial charge < -0.3 is 15.9 Å². The van der Waals surface area contributed by atoms with Crippen LogP contribution in [0.15, 0.2) is 11.6 Å². The van der Waals surface area contributed by atoms with Gasteiger partial charge in [0.25, 0.3) is 0 Å². The highest BCUT2D eigenvalue weighted by molar-refractivity contribution is 5.25. The van der Waals surface area contributed by atoms with E-state index >= 15 is 0 Å². The fourth-order valence-corrected chi connectivity index (χ4v) is 6.69. The number of rotatable bonds is 0. The first kappa shape index (κ1) is 15.2. The Balaban J connectivity index is 1.68. The Bertz CT molecular complexity index is 504. The Morgan fingerprint density at radius 3 is 2.68 bits per heavy atom. The van der Waals surface area contributed by atoms with Crippen molar-refractivity contribution in [1.82, 2.24) is 0 Å². The van der Waals surface area contributed by atoms with Crippen molar-refractivity contribution in [3.05, 3.63) is 11.6 Å². The lowest BCUT2D eigenvalue weighted by Gasteiger charge is -2.57. The molecule has 0 amide bonds. The summed E-state index contributed by atoms with van der Waals surface area (Å²) >= 11 is 0. The second-order valence-electron chi connectivity index (χ2n) is 9.03. The van der Waals surface area contributed by atoms with Crippen LogP contribution in [0, 0.1) is 28.6 Å². The molecule has 4 aliphatic carbocycles. The van der Waals surface area contributed by atoms with Crippen LogP contribution in [-0.4, -0.2) is 28.5 Å². The first-order valence-electron chi connectivity index (χ1n) is 9.17. The first-order valence-corrected chi connectivity index (χ1v) is 9.17. The van der Waals surface area contributed by atoms with Crippen LogP contribution in [0.2, 0.25) is 0 Å². The molecule has 22 heavy (non-hydrogen) atoms. The number of fused-ring (bicyclic) bond motifs is 5. The molecule has 3 saturated carbocycles. The molecule has 8 atom stereocenters. The molecule has 3 fully saturated rings. The predicted molar refractivity (Wildman–Crippen MR) is 87.1 cm³/mol. The second kappa shape index (κ2) is 4.81. The minimum atomic E-state index is -0.319. The topological polar surface area (TPSA) is 66.5 Å². The summed E-state index contributed by atoms with van der Waals surface area (Å²) in [7, 11) is 0. The van der Waals surface area contributed by atoms with Gasteiger partial charge in [-0.1, -0.05) is 25.5 Å². The van der Waals surface area contributed by atoms with Crippen LogP contribution in [0.25, 0.3) is 0 Å². The van der Waals surface area contributed by atoms with Crippen molar-refractivity contribution in [2.45, 2.75) is 77.0 Å². The number of aliphatic hydroxyl groups is 2. The van der Waals surface area contributed by atoms with Crippen LogP contribution in [0.1, 0.15) is 58.8 Å². The summed E-state index contributed by atoms with van der Waals surface area (Å²) in [5, 5.41) is 20.4. The molecule has 0 aromatic carbocycles. The van der Waals surface area contributed by atoms with Gasteiger partial charge in [0.2, 0.25) is 0 Å². The van der Waals surface area contributed by atoms with Crippen molar-refractivity contribution in [2.75, 3.05) is 0 Å². The SMILES string of the molecule is C[C@@]12CC[C@H]3[C@@H](CC=C4C[C@H](O)CC[C@@]43C)[C@H]1C[C@H](O)[C@@H]2N. The average Bonchev–Trinajstić information content (AvgIpc) is 2.72. The molecule has 0 spiro atoms. The Morgan fingerprint density at radius 2 is 1.91 bits per heavy atom. The lowest BCUT2D eigenvalue weighted by Crippen LogP contribution is -2.53. The third-order valence-corrected chi connectivity index (χ3v) is 8.19. The molecule has 0 aromatic rings. The molecule has 0 radical (unpaired) electrons. The van der Waals surface area contributed by atoms with E-state index < -0.39 is 0 Å². The molecule has 0 bridgehead atoms. The van der Waals surface area contributed by atoms with E-state index in [-0.39, 0.29) is 29.1 Å². The van der Waals surface area contributed by atoms with Crippen molar-refractivity contribution < 1.29 is 10.2 Å². The average molecular weight is 305 g/mol. The third kappa shape index (κ3) is 1.85. The monoisotopic (exact) mass is 305 g/mol. The van der Waals surface area contributed by atoms with Crippen molar-refractivity contribution in [3.8, 4) is 0 Å². The summed E-state index contributed by atoms with van der Waals surface area (Å²) in [4.78, 5) is 0. The summed E-state index contributed by atoms with van der Waals surface area (Å²) in [5.74, 6) is 1.96. The van der Waals surface area contributed by atoms with Crippen molar-refractivity contribution >= 4 is 0 Å². The zero-order chi connectivity index (χ0) is 15.7. The summed E-state index contributed by atoms with van der Waals surface area (Å²) < 4.78 is 0. The quantitative estimate of drug-likeness (QED) is 0.603. The summed E-state index contributed by atoms with van der Waals surface area (Å²) in [6.45, 7) is 4.76. The third-order valence-electron chi connectivity index (χ3n) is 8.19. The molecule has 0 aromatic heterocycles. The Hall–Kier alpha value is -0.380. The Morgan fingerprint density at radius 1 is 1.14 bits per heavy atom. The minimum absolute atomic E-state index is 0.0511. The van der Waals surface area contributed by atoms with Gasteiger partial charge in [-0.15, -0.1) is 0 Å². The van der Waals surface area contributed by atoms with Crippen molar-refractivity contribution in [1.29, 1.82) is 0 Å². The van der Waals surface area contributed by atoms with Crippen LogP contribution in [0.4, 0.5) is 0 Å². The van der Waals surface area contributed by atoms with Gasteiger partial charge in [0.1, 0.15) is 0 Å². The number of aliphatic hydroxyl groups excluding tert-OH is 2. The molecular weight excluding hydrogens is 274 g/mol. The predicted octanol–water partition coefficient (Wildman–Crippen LogP) is 2.61. The molecule has 4 aliphatic rings. The second-order valence-corrected chi connectivity index (χ2v) is 9.03. The van der Waals surface area contributed by atoms with E-state index in [0.717, 1.165) is 44.4 Å². The smallest absolute Gasteiger partial charge is 0.0699 e. The fraction of sp³-hybridized carbons (Fsp3) is 0.895. The van der Waals surface area contributed by atoms with Gasteiger partial charge in [-0.3, -0.25) is 0 Å². The van der Waals surface area contributed by atoms with Gasteiger partial charge in [-0.25, -0.2) is 0 Å².